The molecule has 6 nitrogen and oxygen atoms in total. The summed E-state index contributed by atoms with van der Waals surface area (Å²) in [6, 6.07) is 3.50. The highest BCUT2D eigenvalue weighted by molar-refractivity contribution is 5.68. The topological polar surface area (TPSA) is 88.2 Å². The molecule has 6 heteroatoms. The maximum absolute atomic E-state index is 10.5. The number of rotatable bonds is 5. The third-order valence-electron chi connectivity index (χ3n) is 2.53. The average Bonchev–Trinajstić information content (AvgIpc) is 2.75. The molecule has 2 N–H and O–H groups in total. The van der Waals surface area contributed by atoms with Gasteiger partial charge in [-0.3, -0.25) is 4.79 Å². The third kappa shape index (κ3) is 3.54. The molecule has 1 atom stereocenters. The van der Waals surface area contributed by atoms with E-state index in [9.17, 15) is 4.79 Å². The minimum atomic E-state index is -0.859. The molecule has 2 heterocycles. The van der Waals surface area contributed by atoms with Gasteiger partial charge in [-0.05, 0) is 26.0 Å². The van der Waals surface area contributed by atoms with E-state index in [4.69, 9.17) is 9.52 Å². The van der Waals surface area contributed by atoms with E-state index < -0.39 is 5.97 Å². The Labute approximate surface area is 110 Å². The van der Waals surface area contributed by atoms with Crippen LogP contribution in [0.1, 0.15) is 19.1 Å². The third-order valence-corrected chi connectivity index (χ3v) is 2.53. The van der Waals surface area contributed by atoms with Crippen molar-refractivity contribution in [1.29, 1.82) is 0 Å². The first-order valence-electron chi connectivity index (χ1n) is 5.92. The number of carboxylic acid groups (broad SMARTS) is 1. The fourth-order valence-electron chi connectivity index (χ4n) is 1.65. The van der Waals surface area contributed by atoms with Gasteiger partial charge >= 0.3 is 5.97 Å². The van der Waals surface area contributed by atoms with Crippen LogP contribution in [0.15, 0.2) is 28.9 Å². The van der Waals surface area contributed by atoms with Crippen molar-refractivity contribution in [2.24, 2.45) is 0 Å². The van der Waals surface area contributed by atoms with Crippen LogP contribution in [0, 0.1) is 6.92 Å². The van der Waals surface area contributed by atoms with Gasteiger partial charge in [0.2, 0.25) is 5.95 Å². The molecule has 19 heavy (non-hydrogen) atoms. The van der Waals surface area contributed by atoms with E-state index >= 15 is 0 Å². The lowest BCUT2D eigenvalue weighted by Gasteiger charge is -2.10. The van der Waals surface area contributed by atoms with Crippen molar-refractivity contribution < 1.29 is 14.3 Å². The molecule has 100 valence electrons. The molecule has 2 aromatic heterocycles. The second-order valence-corrected chi connectivity index (χ2v) is 4.35. The van der Waals surface area contributed by atoms with Crippen LogP contribution in [-0.4, -0.2) is 27.1 Å². The molecule has 0 fully saturated rings. The van der Waals surface area contributed by atoms with Gasteiger partial charge in [0.15, 0.2) is 0 Å². The summed E-state index contributed by atoms with van der Waals surface area (Å²) in [6.07, 6.45) is 3.30. The van der Waals surface area contributed by atoms with Gasteiger partial charge in [-0.2, -0.15) is 0 Å². The Bertz CT molecular complexity index is 563. The Hall–Kier alpha value is -2.37. The van der Waals surface area contributed by atoms with Crippen molar-refractivity contribution in [1.82, 2.24) is 9.97 Å². The van der Waals surface area contributed by atoms with Crippen LogP contribution >= 0.6 is 0 Å². The molecular weight excluding hydrogens is 246 g/mol. The minimum Gasteiger partial charge on any atom is -0.481 e. The molecule has 0 amide bonds. The van der Waals surface area contributed by atoms with Crippen molar-refractivity contribution in [2.45, 2.75) is 26.3 Å². The van der Waals surface area contributed by atoms with E-state index in [0.29, 0.717) is 11.7 Å². The number of nitrogens with zero attached hydrogens (tertiary/aromatic N) is 2. The van der Waals surface area contributed by atoms with Crippen molar-refractivity contribution >= 4 is 11.9 Å². The molecular formula is C13H15N3O3. The number of aromatic nitrogens is 2. The summed E-state index contributed by atoms with van der Waals surface area (Å²) in [7, 11) is 0. The summed E-state index contributed by atoms with van der Waals surface area (Å²) < 4.78 is 5.47. The van der Waals surface area contributed by atoms with Crippen LogP contribution in [0.25, 0.3) is 11.3 Å². The van der Waals surface area contributed by atoms with E-state index in [-0.39, 0.29) is 12.5 Å². The van der Waals surface area contributed by atoms with E-state index in [1.165, 1.54) is 0 Å². The van der Waals surface area contributed by atoms with Crippen molar-refractivity contribution in [3.8, 4) is 11.3 Å². The maximum atomic E-state index is 10.5. The molecule has 0 spiro atoms. The highest BCUT2D eigenvalue weighted by Crippen LogP contribution is 2.20. The molecule has 0 aliphatic rings. The Balaban J connectivity index is 2.04. The van der Waals surface area contributed by atoms with Crippen LogP contribution in [-0.2, 0) is 4.79 Å². The Kier molecular flexibility index (Phi) is 3.79. The second kappa shape index (κ2) is 5.51. The van der Waals surface area contributed by atoms with Crippen molar-refractivity contribution in [2.75, 3.05) is 5.32 Å². The number of carboxylic acids is 1. The first-order chi connectivity index (χ1) is 9.04. The number of hydrogen-bond acceptors (Lipinski definition) is 5. The summed E-state index contributed by atoms with van der Waals surface area (Å²) in [5.41, 5.74) is 0.782. The molecule has 0 bridgehead atoms. The first kappa shape index (κ1) is 13.1. The fraction of sp³-hybridized carbons (Fsp3) is 0.308. The van der Waals surface area contributed by atoms with E-state index in [2.05, 4.69) is 15.3 Å². The van der Waals surface area contributed by atoms with Crippen LogP contribution in [0.5, 0.6) is 0 Å². The van der Waals surface area contributed by atoms with E-state index in [1.54, 1.807) is 19.3 Å². The van der Waals surface area contributed by atoms with Gasteiger partial charge in [0.25, 0.3) is 0 Å². The Morgan fingerprint density at radius 1 is 1.42 bits per heavy atom. The monoisotopic (exact) mass is 261 g/mol. The Morgan fingerprint density at radius 2 is 2.11 bits per heavy atom. The molecule has 2 aromatic rings. The number of aryl methyl sites for hydroxylation is 1. The van der Waals surface area contributed by atoms with Gasteiger partial charge < -0.3 is 14.8 Å². The van der Waals surface area contributed by atoms with Crippen molar-refractivity contribution in [3.05, 3.63) is 30.3 Å². The zero-order valence-electron chi connectivity index (χ0n) is 10.8. The predicted octanol–water partition coefficient (Wildman–Crippen LogP) is 2.32. The normalized spacial score (nSPS) is 12.1. The highest BCUT2D eigenvalue weighted by atomic mass is 16.4. The number of carbonyl (C=O) groups is 1. The predicted molar refractivity (Wildman–Crippen MR) is 69.8 cm³/mol. The highest BCUT2D eigenvalue weighted by Gasteiger charge is 2.09. The molecule has 0 aliphatic carbocycles. The number of anilines is 1. The fourth-order valence-corrected chi connectivity index (χ4v) is 1.65. The first-order valence-corrected chi connectivity index (χ1v) is 5.92. The van der Waals surface area contributed by atoms with Gasteiger partial charge in [0.1, 0.15) is 11.5 Å². The lowest BCUT2D eigenvalue weighted by molar-refractivity contribution is -0.137. The van der Waals surface area contributed by atoms with Gasteiger partial charge in [0.05, 0.1) is 12.0 Å². The maximum Gasteiger partial charge on any atom is 0.305 e. The minimum absolute atomic E-state index is 0.0164. The lowest BCUT2D eigenvalue weighted by atomic mass is 10.2. The zero-order valence-corrected chi connectivity index (χ0v) is 10.8. The van der Waals surface area contributed by atoms with Gasteiger partial charge in [0, 0.05) is 18.4 Å². The number of aliphatic carboxylic acids is 1. The standard InChI is InChI=1S/C13H15N3O3/c1-8(5-12(17)18)16-13-14-6-10(7-15-13)11-4-3-9(2)19-11/h3-4,6-8H,5H2,1-2H3,(H,17,18)(H,14,15,16). The molecule has 0 aromatic carbocycles. The summed E-state index contributed by atoms with van der Waals surface area (Å²) in [5.74, 6) is 1.08. The number of nitrogens with one attached hydrogen (secondary N) is 1. The van der Waals surface area contributed by atoms with Gasteiger partial charge in [-0.1, -0.05) is 0 Å². The van der Waals surface area contributed by atoms with Crippen LogP contribution in [0.4, 0.5) is 5.95 Å². The largest absolute Gasteiger partial charge is 0.481 e. The van der Waals surface area contributed by atoms with E-state index in [0.717, 1.165) is 11.3 Å². The smallest absolute Gasteiger partial charge is 0.305 e. The van der Waals surface area contributed by atoms with Gasteiger partial charge in [-0.15, -0.1) is 0 Å². The molecule has 0 saturated carbocycles. The summed E-state index contributed by atoms with van der Waals surface area (Å²) in [4.78, 5) is 18.8. The van der Waals surface area contributed by atoms with Crippen LogP contribution < -0.4 is 5.32 Å². The average molecular weight is 261 g/mol. The zero-order chi connectivity index (χ0) is 13.8. The summed E-state index contributed by atoms with van der Waals surface area (Å²) in [5, 5.41) is 11.6. The Morgan fingerprint density at radius 3 is 2.63 bits per heavy atom. The molecule has 0 saturated heterocycles. The number of hydrogen-bond donors (Lipinski definition) is 2. The van der Waals surface area contributed by atoms with Crippen LogP contribution in [0.2, 0.25) is 0 Å². The quantitative estimate of drug-likeness (QED) is 0.858. The summed E-state index contributed by atoms with van der Waals surface area (Å²) in [6.45, 7) is 3.63. The van der Waals surface area contributed by atoms with Crippen LogP contribution in [0.3, 0.4) is 0 Å². The second-order valence-electron chi connectivity index (χ2n) is 4.35. The molecule has 1 unspecified atom stereocenters. The van der Waals surface area contributed by atoms with E-state index in [1.807, 2.05) is 19.1 Å². The number of furan rings is 1. The lowest BCUT2D eigenvalue weighted by Crippen LogP contribution is -2.20. The molecule has 2 rings (SSSR count). The SMILES string of the molecule is Cc1ccc(-c2cnc(NC(C)CC(=O)O)nc2)o1. The summed E-state index contributed by atoms with van der Waals surface area (Å²) >= 11 is 0. The molecule has 0 aliphatic heterocycles. The van der Waals surface area contributed by atoms with Crippen molar-refractivity contribution in [3.63, 3.8) is 0 Å². The van der Waals surface area contributed by atoms with Gasteiger partial charge in [-0.25, -0.2) is 9.97 Å². The molecule has 0 radical (unpaired) electrons.